The lowest BCUT2D eigenvalue weighted by atomic mass is 10.0. The Morgan fingerprint density at radius 1 is 1.06 bits per heavy atom. The van der Waals surface area contributed by atoms with Gasteiger partial charge in [0.25, 0.3) is 5.91 Å². The predicted molar refractivity (Wildman–Crippen MR) is 129 cm³/mol. The van der Waals surface area contributed by atoms with Gasteiger partial charge in [-0.05, 0) is 30.0 Å². The van der Waals surface area contributed by atoms with Crippen LogP contribution >= 0.6 is 0 Å². The first-order valence-electron chi connectivity index (χ1n) is 11.1. The molecule has 2 aromatic rings. The predicted octanol–water partition coefficient (Wildman–Crippen LogP) is 1.42. The van der Waals surface area contributed by atoms with E-state index in [0.29, 0.717) is 25.2 Å². The molecule has 1 aromatic carbocycles. The molecule has 0 spiro atoms. The van der Waals surface area contributed by atoms with E-state index in [1.807, 2.05) is 44.2 Å². The first-order valence-corrected chi connectivity index (χ1v) is 11.1. The molecule has 0 radical (unpaired) electrons. The largest absolute Gasteiger partial charge is 0.480 e. The SMILES string of the molecule is CC(C)C[C@H](NC(=O)c1cccc(CN=C(N)NCCC(=O)NCc2ccccc2)n1)C(=O)O. The topological polar surface area (TPSA) is 159 Å². The fourth-order valence-corrected chi connectivity index (χ4v) is 3.03. The number of pyridine rings is 1. The standard InChI is InChI=1S/C24H32N6O4/c1-16(2)13-20(23(33)34)30-22(32)19-10-6-9-18(29-19)15-28-24(25)26-12-11-21(31)27-14-17-7-4-3-5-8-17/h3-10,16,20H,11-15H2,1-2H3,(H,27,31)(H,30,32)(H,33,34)(H3,25,26,28)/t20-/m0/s1. The third-order valence-electron chi connectivity index (χ3n) is 4.75. The Balaban J connectivity index is 1.80. The monoisotopic (exact) mass is 468 g/mol. The Hall–Kier alpha value is -3.95. The van der Waals surface area contributed by atoms with Gasteiger partial charge in [0.15, 0.2) is 5.96 Å². The van der Waals surface area contributed by atoms with Crippen LogP contribution in [0.3, 0.4) is 0 Å². The Kier molecular flexibility index (Phi) is 10.5. The fourth-order valence-electron chi connectivity index (χ4n) is 3.03. The molecule has 0 fully saturated rings. The molecule has 2 amide bonds. The molecule has 10 nitrogen and oxygen atoms in total. The number of nitrogens with one attached hydrogen (secondary N) is 3. The minimum Gasteiger partial charge on any atom is -0.480 e. The Bertz CT molecular complexity index is 994. The van der Waals surface area contributed by atoms with Crippen LogP contribution in [-0.4, -0.2) is 46.4 Å². The number of benzene rings is 1. The molecule has 0 aliphatic carbocycles. The fraction of sp³-hybridized carbons (Fsp3) is 0.375. The number of nitrogens with zero attached hydrogens (tertiary/aromatic N) is 2. The number of carboxylic acid groups (broad SMARTS) is 1. The Morgan fingerprint density at radius 3 is 2.47 bits per heavy atom. The number of aromatic nitrogens is 1. The lowest BCUT2D eigenvalue weighted by Gasteiger charge is -2.16. The molecule has 0 aliphatic rings. The maximum atomic E-state index is 12.4. The van der Waals surface area contributed by atoms with Crippen LogP contribution in [0.5, 0.6) is 0 Å². The van der Waals surface area contributed by atoms with E-state index in [2.05, 4.69) is 25.9 Å². The molecule has 1 atom stereocenters. The minimum atomic E-state index is -1.09. The van der Waals surface area contributed by atoms with E-state index in [0.717, 1.165) is 5.56 Å². The van der Waals surface area contributed by atoms with Gasteiger partial charge in [-0.1, -0.05) is 50.2 Å². The van der Waals surface area contributed by atoms with E-state index in [1.54, 1.807) is 12.1 Å². The molecule has 0 saturated heterocycles. The second-order valence-corrected chi connectivity index (χ2v) is 8.15. The number of carbonyl (C=O) groups excluding carboxylic acids is 2. The first kappa shape index (κ1) is 26.3. The van der Waals surface area contributed by atoms with E-state index in [1.165, 1.54) is 6.07 Å². The van der Waals surface area contributed by atoms with E-state index >= 15 is 0 Å². The zero-order valence-corrected chi connectivity index (χ0v) is 19.5. The Morgan fingerprint density at radius 2 is 1.79 bits per heavy atom. The summed E-state index contributed by atoms with van der Waals surface area (Å²) >= 11 is 0. The zero-order valence-electron chi connectivity index (χ0n) is 19.5. The summed E-state index contributed by atoms with van der Waals surface area (Å²) in [5.41, 5.74) is 7.47. The van der Waals surface area contributed by atoms with Gasteiger partial charge in [0, 0.05) is 19.5 Å². The lowest BCUT2D eigenvalue weighted by molar-refractivity contribution is -0.139. The highest BCUT2D eigenvalue weighted by Crippen LogP contribution is 2.07. The average Bonchev–Trinajstić information content (AvgIpc) is 2.81. The van der Waals surface area contributed by atoms with Crippen LogP contribution < -0.4 is 21.7 Å². The smallest absolute Gasteiger partial charge is 0.326 e. The zero-order chi connectivity index (χ0) is 24.9. The summed E-state index contributed by atoms with van der Waals surface area (Å²) in [6.45, 7) is 4.67. The summed E-state index contributed by atoms with van der Waals surface area (Å²) in [4.78, 5) is 44.2. The van der Waals surface area contributed by atoms with Gasteiger partial charge in [-0.25, -0.2) is 14.8 Å². The van der Waals surface area contributed by atoms with Gasteiger partial charge in [-0.2, -0.15) is 0 Å². The van der Waals surface area contributed by atoms with Crippen molar-refractivity contribution >= 4 is 23.7 Å². The second-order valence-electron chi connectivity index (χ2n) is 8.15. The third-order valence-corrected chi connectivity index (χ3v) is 4.75. The van der Waals surface area contributed by atoms with Crippen LogP contribution in [0.2, 0.25) is 0 Å². The van der Waals surface area contributed by atoms with E-state index in [-0.39, 0.29) is 36.4 Å². The van der Waals surface area contributed by atoms with Gasteiger partial charge in [0.1, 0.15) is 11.7 Å². The number of aliphatic imine (C=N–C) groups is 1. The van der Waals surface area contributed by atoms with Crippen molar-refractivity contribution in [3.63, 3.8) is 0 Å². The summed E-state index contributed by atoms with van der Waals surface area (Å²) in [6.07, 6.45) is 0.551. The van der Waals surface area contributed by atoms with Crippen molar-refractivity contribution in [2.45, 2.75) is 45.8 Å². The molecule has 10 heteroatoms. The molecule has 0 saturated carbocycles. The van der Waals surface area contributed by atoms with Crippen LogP contribution in [0, 0.1) is 5.92 Å². The van der Waals surface area contributed by atoms with Crippen LogP contribution in [0.1, 0.15) is 48.4 Å². The molecule has 1 aromatic heterocycles. The first-order chi connectivity index (χ1) is 16.2. The van der Waals surface area contributed by atoms with Crippen LogP contribution in [0.15, 0.2) is 53.5 Å². The number of rotatable bonds is 12. The van der Waals surface area contributed by atoms with Crippen molar-refractivity contribution in [2.75, 3.05) is 6.54 Å². The van der Waals surface area contributed by atoms with E-state index in [9.17, 15) is 19.5 Å². The molecule has 2 rings (SSSR count). The van der Waals surface area contributed by atoms with Gasteiger partial charge in [-0.15, -0.1) is 0 Å². The highest BCUT2D eigenvalue weighted by molar-refractivity contribution is 5.95. The lowest BCUT2D eigenvalue weighted by Crippen LogP contribution is -2.42. The minimum absolute atomic E-state index is 0.101. The van der Waals surface area contributed by atoms with Crippen LogP contribution in [-0.2, 0) is 22.7 Å². The summed E-state index contributed by atoms with van der Waals surface area (Å²) in [6, 6.07) is 13.5. The molecule has 6 N–H and O–H groups in total. The number of nitrogens with two attached hydrogens (primary N) is 1. The van der Waals surface area contributed by atoms with Crippen molar-refractivity contribution in [3.8, 4) is 0 Å². The number of hydrogen-bond acceptors (Lipinski definition) is 5. The highest BCUT2D eigenvalue weighted by atomic mass is 16.4. The summed E-state index contributed by atoms with van der Waals surface area (Å²) in [7, 11) is 0. The molecule has 1 heterocycles. The van der Waals surface area contributed by atoms with Gasteiger partial charge in [-0.3, -0.25) is 9.59 Å². The van der Waals surface area contributed by atoms with Crippen molar-refractivity contribution in [1.82, 2.24) is 20.9 Å². The van der Waals surface area contributed by atoms with E-state index < -0.39 is 17.9 Å². The van der Waals surface area contributed by atoms with E-state index in [4.69, 9.17) is 5.73 Å². The molecule has 34 heavy (non-hydrogen) atoms. The molecular formula is C24H32N6O4. The molecule has 0 unspecified atom stereocenters. The number of amides is 2. The van der Waals surface area contributed by atoms with Gasteiger partial charge >= 0.3 is 5.97 Å². The molecular weight excluding hydrogens is 436 g/mol. The summed E-state index contributed by atoms with van der Waals surface area (Å²) < 4.78 is 0. The third kappa shape index (κ3) is 9.68. The number of carboxylic acids is 1. The van der Waals surface area contributed by atoms with Gasteiger partial charge < -0.3 is 26.8 Å². The number of aliphatic carboxylic acids is 1. The second kappa shape index (κ2) is 13.6. The maximum Gasteiger partial charge on any atom is 0.326 e. The molecule has 0 bridgehead atoms. The van der Waals surface area contributed by atoms with Crippen molar-refractivity contribution in [2.24, 2.45) is 16.6 Å². The number of carbonyl (C=O) groups is 3. The normalized spacial score (nSPS) is 12.1. The summed E-state index contributed by atoms with van der Waals surface area (Å²) in [5.74, 6) is -1.50. The van der Waals surface area contributed by atoms with Gasteiger partial charge in [0.05, 0.1) is 12.2 Å². The van der Waals surface area contributed by atoms with Crippen LogP contribution in [0.4, 0.5) is 0 Å². The maximum absolute atomic E-state index is 12.4. The molecule has 0 aliphatic heterocycles. The van der Waals surface area contributed by atoms with Crippen LogP contribution in [0.25, 0.3) is 0 Å². The molecule has 182 valence electrons. The Labute approximate surface area is 199 Å². The van der Waals surface area contributed by atoms with Crippen molar-refractivity contribution in [3.05, 3.63) is 65.5 Å². The number of guanidine groups is 1. The highest BCUT2D eigenvalue weighted by Gasteiger charge is 2.22. The van der Waals surface area contributed by atoms with Crippen molar-refractivity contribution in [1.29, 1.82) is 0 Å². The average molecular weight is 469 g/mol. The quantitative estimate of drug-likeness (QED) is 0.233. The van der Waals surface area contributed by atoms with Crippen molar-refractivity contribution < 1.29 is 19.5 Å². The number of hydrogen-bond donors (Lipinski definition) is 5. The van der Waals surface area contributed by atoms with Gasteiger partial charge in [0.2, 0.25) is 5.91 Å². The summed E-state index contributed by atoms with van der Waals surface area (Å²) in [5, 5.41) is 17.5.